The normalized spacial score (nSPS) is 48.4. The molecule has 0 aromatic heterocycles. The summed E-state index contributed by atoms with van der Waals surface area (Å²) in [6.07, 6.45) is 18.2. The molecule has 0 bridgehead atoms. The fourth-order valence-electron chi connectivity index (χ4n) is 10.8. The van der Waals surface area contributed by atoms with Crippen LogP contribution in [0.15, 0.2) is 4.99 Å². The van der Waals surface area contributed by atoms with Gasteiger partial charge < -0.3 is 0 Å². The van der Waals surface area contributed by atoms with E-state index in [2.05, 4.69) is 52.0 Å². The van der Waals surface area contributed by atoms with Gasteiger partial charge in [0.25, 0.3) is 0 Å². The summed E-state index contributed by atoms with van der Waals surface area (Å²) in [6, 6.07) is 0. The van der Waals surface area contributed by atoms with E-state index in [1.54, 1.807) is 38.5 Å². The second kappa shape index (κ2) is 11.5. The van der Waals surface area contributed by atoms with Crippen LogP contribution in [0.1, 0.15) is 126 Å². The zero-order valence-electron chi connectivity index (χ0n) is 24.5. The fraction of sp³-hybridized carbons (Fsp3) is 0.969. The van der Waals surface area contributed by atoms with Crippen molar-refractivity contribution in [1.29, 1.82) is 0 Å². The van der Waals surface area contributed by atoms with Crippen LogP contribution in [0, 0.1) is 58.2 Å². The van der Waals surface area contributed by atoms with Gasteiger partial charge in [-0.15, -0.1) is 0 Å². The Hall–Kier alpha value is 1.09. The van der Waals surface area contributed by atoms with Crippen molar-refractivity contribution in [2.75, 3.05) is 0 Å². The summed E-state index contributed by atoms with van der Waals surface area (Å²) in [5.74, 6) is 7.92. The number of hydrogen-bond acceptors (Lipinski definition) is 2. The molecule has 0 spiro atoms. The predicted octanol–water partition coefficient (Wildman–Crippen LogP) is 2.51. The van der Waals surface area contributed by atoms with E-state index >= 15 is 0 Å². The summed E-state index contributed by atoms with van der Waals surface area (Å²) >= 11 is 0.131. The predicted molar refractivity (Wildman–Crippen MR) is 146 cm³/mol. The molecule has 0 unspecified atom stereocenters. The Labute approximate surface area is 245 Å². The third-order valence-corrected chi connectivity index (χ3v) is 18.5. The molecule has 11 atom stereocenters. The fourth-order valence-corrected chi connectivity index (χ4v) is 17.5. The molecule has 1 N–H and O–H groups in total. The third kappa shape index (κ3) is 5.63. The van der Waals surface area contributed by atoms with E-state index in [0.29, 0.717) is 14.9 Å². The van der Waals surface area contributed by atoms with Gasteiger partial charge in [-0.25, -0.2) is 0 Å². The molecule has 0 aromatic rings. The van der Waals surface area contributed by atoms with Gasteiger partial charge in [-0.2, -0.15) is 0 Å². The zero-order valence-corrected chi connectivity index (χ0v) is 28.8. The average Bonchev–Trinajstić information content (AvgIpc) is 3.10. The molecule has 4 fully saturated rings. The van der Waals surface area contributed by atoms with Gasteiger partial charge in [0.1, 0.15) is 0 Å². The van der Waals surface area contributed by atoms with Gasteiger partial charge in [-0.05, 0) is 12.3 Å². The molecule has 5 aliphatic rings. The van der Waals surface area contributed by atoms with E-state index in [-0.39, 0.29) is 42.7 Å². The van der Waals surface area contributed by atoms with Gasteiger partial charge in [0.15, 0.2) is 0 Å². The van der Waals surface area contributed by atoms with Crippen molar-refractivity contribution in [2.24, 2.45) is 63.2 Å². The van der Waals surface area contributed by atoms with Crippen LogP contribution in [0.5, 0.6) is 0 Å². The van der Waals surface area contributed by atoms with Gasteiger partial charge in [0.2, 0.25) is 0 Å². The number of hydrogen-bond donors (Lipinski definition) is 1. The molecule has 4 heteroatoms. The van der Waals surface area contributed by atoms with Gasteiger partial charge in [0.05, 0.1) is 0 Å². The molecular weight excluding hydrogens is 666 g/mol. The van der Waals surface area contributed by atoms with Crippen molar-refractivity contribution in [3.05, 3.63) is 0 Å². The van der Waals surface area contributed by atoms with E-state index in [1.807, 2.05) is 0 Å². The Bertz CT molecular complexity index is 797. The summed E-state index contributed by atoms with van der Waals surface area (Å²) in [4.78, 5) is 5.26. The average molecular weight is 723 g/mol. The third-order valence-electron chi connectivity index (χ3n) is 12.1. The van der Waals surface area contributed by atoms with Crippen molar-refractivity contribution < 1.29 is 42.7 Å². The molecule has 4 aliphatic carbocycles. The first-order chi connectivity index (χ1) is 17.1. The van der Waals surface area contributed by atoms with E-state index < -0.39 is 0 Å². The van der Waals surface area contributed by atoms with Crippen molar-refractivity contribution >= 4 is 3.72 Å². The van der Waals surface area contributed by atoms with Crippen LogP contribution in [0.2, 0.25) is 0 Å². The summed E-state index contributed by atoms with van der Waals surface area (Å²) < 4.78 is 6.79. The molecule has 36 heavy (non-hydrogen) atoms. The van der Waals surface area contributed by atoms with Crippen LogP contribution < -0.4 is 46.2 Å². The van der Waals surface area contributed by atoms with Crippen LogP contribution in [0.25, 0.3) is 0 Å². The number of nitrogens with zero attached hydrogens (tertiary/aromatic N) is 1. The Morgan fingerprint density at radius 1 is 1.00 bits per heavy atom. The van der Waals surface area contributed by atoms with Crippen LogP contribution in [-0.2, 0) is 0 Å². The van der Waals surface area contributed by atoms with Crippen molar-refractivity contribution in [1.82, 2.24) is 3.53 Å². The maximum atomic E-state index is 5.26. The molecule has 0 amide bonds. The quantitative estimate of drug-likeness (QED) is 0.194. The van der Waals surface area contributed by atoms with Crippen molar-refractivity contribution in [3.63, 3.8) is 0 Å². The van der Waals surface area contributed by atoms with Gasteiger partial charge >= 0.3 is 207 Å². The topological polar surface area (TPSA) is 24.4 Å². The van der Waals surface area contributed by atoms with Gasteiger partial charge in [0, 0.05) is 0 Å². The van der Waals surface area contributed by atoms with Crippen LogP contribution in [0.3, 0.4) is 0 Å². The Kier molecular flexibility index (Phi) is 9.16. The summed E-state index contributed by atoms with van der Waals surface area (Å²) in [5, 5.41) is 0. The molecule has 1 aliphatic heterocycles. The van der Waals surface area contributed by atoms with Crippen LogP contribution >= 0.6 is 0 Å². The van der Waals surface area contributed by atoms with E-state index in [0.717, 1.165) is 51.4 Å². The van der Waals surface area contributed by atoms with E-state index in [9.17, 15) is 0 Å². The molecule has 0 radical (unpaired) electrons. The second-order valence-corrected chi connectivity index (χ2v) is 21.3. The number of rotatable bonds is 6. The molecule has 0 aromatic carbocycles. The van der Waals surface area contributed by atoms with Crippen molar-refractivity contribution in [3.8, 4) is 0 Å². The Balaban J connectivity index is 1.24. The number of alkyl halides is 2. The van der Waals surface area contributed by atoms with Gasteiger partial charge in [-0.1, -0.05) is 27.2 Å². The minimum absolute atomic E-state index is 0.0193. The standard InChI is InChI=1S/C32H56I2N2/c1-8-32(18-20(2)3)16-14-25-24(19-32)9-10-27-26(25)13-15-31(7)28(11-12-29(27)31)21(4)17-30-34-36-23(6)33-22(5)35-30/h20-21,23-30,36H,8-19H2,1-7H3/q-2/t21-,23-,24-,25-,26+,27+,28+,29-,30+,31+,32-/m0/s1. The maximum absolute atomic E-state index is 5.26. The number of aliphatic imine (C=N–C) groups is 1. The van der Waals surface area contributed by atoms with Crippen molar-refractivity contribution in [2.45, 2.75) is 134 Å². The van der Waals surface area contributed by atoms with Gasteiger partial charge in [-0.3, -0.25) is 0 Å². The molecule has 5 rings (SSSR count). The molecule has 4 saturated carbocycles. The summed E-state index contributed by atoms with van der Waals surface area (Å²) in [7, 11) is 0. The first-order valence-electron chi connectivity index (χ1n) is 15.7. The molecule has 210 valence electrons. The second-order valence-electron chi connectivity index (χ2n) is 14.6. The SMILES string of the molecule is CC[C@@]1(CC(C)C)CC[C@H]2[C@@H](CC[C@@H]3[C@@H]2CC[C@]2(C)[C@@H]([C@@H](C)C[C@H]4N=C(C)[I-][C@H](C)N[I-]4)CC[C@@H]32)C1. The first-order valence-corrected chi connectivity index (χ1v) is 20.3. The monoisotopic (exact) mass is 722 g/mol. The molecular formula is C32H56I2N2-2. The van der Waals surface area contributed by atoms with Crippen LogP contribution in [0.4, 0.5) is 0 Å². The number of nitrogens with one attached hydrogen (secondary N) is 1. The Morgan fingerprint density at radius 2 is 1.78 bits per heavy atom. The molecule has 1 heterocycles. The zero-order chi connectivity index (χ0) is 25.7. The van der Waals surface area contributed by atoms with E-state index in [4.69, 9.17) is 4.99 Å². The van der Waals surface area contributed by atoms with Crippen LogP contribution in [-0.4, -0.2) is 11.8 Å². The first kappa shape index (κ1) is 28.6. The Morgan fingerprint density at radius 3 is 2.53 bits per heavy atom. The number of fused-ring (bicyclic) bond motifs is 5. The minimum atomic E-state index is 0.0193. The van der Waals surface area contributed by atoms with E-state index in [1.165, 1.54) is 42.2 Å². The molecule has 2 nitrogen and oxygen atoms in total. The summed E-state index contributed by atoms with van der Waals surface area (Å²) in [6.45, 7) is 17.5. The molecule has 0 saturated heterocycles. The number of halogens is 2. The summed E-state index contributed by atoms with van der Waals surface area (Å²) in [5.41, 5.74) is 1.29.